The van der Waals surface area contributed by atoms with Crippen LogP contribution in [-0.2, 0) is 4.74 Å². The minimum Gasteiger partial charge on any atom is -0.383 e. The van der Waals surface area contributed by atoms with Crippen LogP contribution in [0.15, 0.2) is 24.3 Å². The minimum atomic E-state index is 0.305. The van der Waals surface area contributed by atoms with E-state index in [2.05, 4.69) is 43.0 Å². The van der Waals surface area contributed by atoms with Gasteiger partial charge in [-0.05, 0) is 35.8 Å². The number of benzene rings is 1. The van der Waals surface area contributed by atoms with Gasteiger partial charge in [-0.1, -0.05) is 38.1 Å². The van der Waals surface area contributed by atoms with E-state index in [0.29, 0.717) is 18.5 Å². The molecule has 3 heteroatoms. The van der Waals surface area contributed by atoms with Crippen molar-refractivity contribution in [1.82, 2.24) is 4.90 Å². The number of hydrogen-bond donors (Lipinski definition) is 1. The van der Waals surface area contributed by atoms with Gasteiger partial charge in [-0.3, -0.25) is 4.90 Å². The van der Waals surface area contributed by atoms with E-state index in [4.69, 9.17) is 10.5 Å². The van der Waals surface area contributed by atoms with Gasteiger partial charge in [0, 0.05) is 32.8 Å². The van der Waals surface area contributed by atoms with Crippen molar-refractivity contribution in [3.8, 4) is 0 Å². The second-order valence-corrected chi connectivity index (χ2v) is 6.54. The maximum Gasteiger partial charge on any atom is 0.0589 e. The van der Waals surface area contributed by atoms with Crippen LogP contribution in [-0.4, -0.2) is 38.3 Å². The van der Waals surface area contributed by atoms with Crippen molar-refractivity contribution in [2.24, 2.45) is 11.7 Å². The molecule has 1 aliphatic carbocycles. The highest BCUT2D eigenvalue weighted by molar-refractivity contribution is 5.35. The van der Waals surface area contributed by atoms with E-state index in [0.717, 1.165) is 25.6 Å². The predicted octanol–water partition coefficient (Wildman–Crippen LogP) is 3.17. The molecule has 0 bridgehead atoms. The average Bonchev–Trinajstić information content (AvgIpc) is 3.30. The van der Waals surface area contributed by atoms with Crippen molar-refractivity contribution < 1.29 is 4.74 Å². The lowest BCUT2D eigenvalue weighted by Crippen LogP contribution is -2.38. The molecule has 1 aromatic carbocycles. The molecular weight excluding hydrogens is 260 g/mol. The van der Waals surface area contributed by atoms with Crippen LogP contribution in [0.4, 0.5) is 0 Å². The number of methoxy groups -OCH3 is 1. The van der Waals surface area contributed by atoms with E-state index in [1.807, 2.05) is 0 Å². The molecule has 0 spiro atoms. The number of nitrogens with zero attached hydrogens (tertiary/aromatic N) is 1. The fourth-order valence-corrected chi connectivity index (χ4v) is 3.11. The van der Waals surface area contributed by atoms with E-state index < -0.39 is 0 Å². The summed E-state index contributed by atoms with van der Waals surface area (Å²) in [5, 5.41) is 0. The van der Waals surface area contributed by atoms with Crippen LogP contribution in [0.1, 0.15) is 49.8 Å². The maximum absolute atomic E-state index is 6.16. The molecule has 2 rings (SSSR count). The third kappa shape index (κ3) is 4.53. The summed E-state index contributed by atoms with van der Waals surface area (Å²) in [4.78, 5) is 2.50. The van der Waals surface area contributed by atoms with Crippen molar-refractivity contribution in [2.45, 2.75) is 38.6 Å². The Kier molecular flexibility index (Phi) is 6.22. The lowest BCUT2D eigenvalue weighted by molar-refractivity contribution is 0.111. The smallest absolute Gasteiger partial charge is 0.0589 e. The molecule has 2 N–H and O–H groups in total. The number of rotatable bonds is 9. The summed E-state index contributed by atoms with van der Waals surface area (Å²) in [5.41, 5.74) is 9.10. The maximum atomic E-state index is 6.16. The molecule has 1 atom stereocenters. The highest BCUT2D eigenvalue weighted by Gasteiger charge is 2.29. The molecule has 1 unspecified atom stereocenters. The first-order chi connectivity index (χ1) is 10.2. The molecule has 118 valence electrons. The molecule has 1 aromatic rings. The molecule has 0 radical (unpaired) electrons. The van der Waals surface area contributed by atoms with Gasteiger partial charge in [0.05, 0.1) is 6.61 Å². The van der Waals surface area contributed by atoms with E-state index in [1.54, 1.807) is 7.11 Å². The van der Waals surface area contributed by atoms with E-state index >= 15 is 0 Å². The molecule has 0 aromatic heterocycles. The Balaban J connectivity index is 2.22. The van der Waals surface area contributed by atoms with E-state index in [1.165, 1.54) is 24.0 Å². The fourth-order valence-electron chi connectivity index (χ4n) is 3.11. The zero-order chi connectivity index (χ0) is 15.2. The van der Waals surface area contributed by atoms with E-state index in [-0.39, 0.29) is 0 Å². The number of hydrogen-bond acceptors (Lipinski definition) is 3. The van der Waals surface area contributed by atoms with Crippen molar-refractivity contribution in [2.75, 3.05) is 33.4 Å². The van der Waals surface area contributed by atoms with Gasteiger partial charge >= 0.3 is 0 Å². The van der Waals surface area contributed by atoms with Crippen LogP contribution in [0.2, 0.25) is 0 Å². The van der Waals surface area contributed by atoms with Crippen molar-refractivity contribution >= 4 is 0 Å². The first-order valence-electron chi connectivity index (χ1n) is 8.19. The lowest BCUT2D eigenvalue weighted by atomic mass is 9.95. The Morgan fingerprint density at radius 3 is 2.57 bits per heavy atom. The van der Waals surface area contributed by atoms with Crippen molar-refractivity contribution in [3.63, 3.8) is 0 Å². The molecule has 3 nitrogen and oxygen atoms in total. The molecular formula is C18H30N2O. The Bertz CT molecular complexity index is 429. The second kappa shape index (κ2) is 7.92. The lowest BCUT2D eigenvalue weighted by Gasteiger charge is -2.33. The summed E-state index contributed by atoms with van der Waals surface area (Å²) in [5.74, 6) is 1.39. The zero-order valence-corrected chi connectivity index (χ0v) is 13.7. The molecule has 0 aliphatic heterocycles. The molecule has 1 aliphatic rings. The minimum absolute atomic E-state index is 0.305. The molecule has 0 heterocycles. The molecule has 1 saturated carbocycles. The Labute approximate surface area is 129 Å². The summed E-state index contributed by atoms with van der Waals surface area (Å²) in [6.07, 6.45) is 2.66. The SMILES string of the molecule is COCCN(CC(C)C)C(CN)c1ccccc1C1CC1. The average molecular weight is 290 g/mol. The highest BCUT2D eigenvalue weighted by Crippen LogP contribution is 2.43. The summed E-state index contributed by atoms with van der Waals surface area (Å²) in [6, 6.07) is 9.17. The Morgan fingerprint density at radius 2 is 2.00 bits per heavy atom. The number of ether oxygens (including phenoxy) is 1. The topological polar surface area (TPSA) is 38.5 Å². The van der Waals surface area contributed by atoms with Crippen LogP contribution < -0.4 is 5.73 Å². The van der Waals surface area contributed by atoms with Crippen LogP contribution in [0.3, 0.4) is 0 Å². The summed E-state index contributed by atoms with van der Waals surface area (Å²) in [6.45, 7) is 7.95. The fraction of sp³-hybridized carbons (Fsp3) is 0.667. The molecule has 1 fully saturated rings. The first kappa shape index (κ1) is 16.5. The van der Waals surface area contributed by atoms with Crippen molar-refractivity contribution in [1.29, 1.82) is 0 Å². The molecule has 0 saturated heterocycles. The highest BCUT2D eigenvalue weighted by atomic mass is 16.5. The third-order valence-corrected chi connectivity index (χ3v) is 4.22. The van der Waals surface area contributed by atoms with Gasteiger partial charge in [-0.25, -0.2) is 0 Å². The van der Waals surface area contributed by atoms with Crippen LogP contribution in [0.25, 0.3) is 0 Å². The molecule has 0 amide bonds. The Hall–Kier alpha value is -0.900. The third-order valence-electron chi connectivity index (χ3n) is 4.22. The van der Waals surface area contributed by atoms with Crippen molar-refractivity contribution in [3.05, 3.63) is 35.4 Å². The van der Waals surface area contributed by atoms with E-state index in [9.17, 15) is 0 Å². The number of nitrogens with two attached hydrogens (primary N) is 1. The van der Waals surface area contributed by atoms with Crippen LogP contribution in [0, 0.1) is 5.92 Å². The standard InChI is InChI=1S/C18H30N2O/c1-14(2)13-20(10-11-21-3)18(12-19)17-7-5-4-6-16(17)15-8-9-15/h4-7,14-15,18H,8-13,19H2,1-3H3. The van der Waals surface area contributed by atoms with Gasteiger partial charge in [-0.2, -0.15) is 0 Å². The summed E-state index contributed by atoms with van der Waals surface area (Å²) < 4.78 is 5.29. The van der Waals surface area contributed by atoms with Crippen LogP contribution in [0.5, 0.6) is 0 Å². The molecule has 21 heavy (non-hydrogen) atoms. The first-order valence-corrected chi connectivity index (χ1v) is 8.19. The zero-order valence-electron chi connectivity index (χ0n) is 13.7. The van der Waals surface area contributed by atoms with Crippen LogP contribution >= 0.6 is 0 Å². The van der Waals surface area contributed by atoms with Gasteiger partial charge in [0.1, 0.15) is 0 Å². The predicted molar refractivity (Wildman–Crippen MR) is 88.5 cm³/mol. The van der Waals surface area contributed by atoms with Gasteiger partial charge in [0.25, 0.3) is 0 Å². The van der Waals surface area contributed by atoms with Gasteiger partial charge in [0.15, 0.2) is 0 Å². The Morgan fingerprint density at radius 1 is 1.29 bits per heavy atom. The van der Waals surface area contributed by atoms with Gasteiger partial charge in [-0.15, -0.1) is 0 Å². The second-order valence-electron chi connectivity index (χ2n) is 6.54. The monoisotopic (exact) mass is 290 g/mol. The summed E-state index contributed by atoms with van der Waals surface area (Å²) >= 11 is 0. The normalized spacial score (nSPS) is 16.7. The van der Waals surface area contributed by atoms with Gasteiger partial charge in [0.2, 0.25) is 0 Å². The largest absolute Gasteiger partial charge is 0.383 e. The summed E-state index contributed by atoms with van der Waals surface area (Å²) in [7, 11) is 1.77. The van der Waals surface area contributed by atoms with Gasteiger partial charge < -0.3 is 10.5 Å². The quantitative estimate of drug-likeness (QED) is 0.759.